The summed E-state index contributed by atoms with van der Waals surface area (Å²) in [5, 5.41) is 8.78. The molecule has 1 aromatic carbocycles. The van der Waals surface area contributed by atoms with Crippen LogP contribution in [0.3, 0.4) is 0 Å². The average molecular weight is 386 g/mol. The van der Waals surface area contributed by atoms with Crippen LogP contribution in [0.2, 0.25) is 0 Å². The van der Waals surface area contributed by atoms with Gasteiger partial charge in [0.2, 0.25) is 10.0 Å². The number of halogens is 1. The van der Waals surface area contributed by atoms with E-state index in [9.17, 15) is 21.6 Å². The van der Waals surface area contributed by atoms with Crippen molar-refractivity contribution < 1.29 is 26.7 Å². The van der Waals surface area contributed by atoms with Gasteiger partial charge in [-0.2, -0.15) is 0 Å². The number of anilines is 1. The molecule has 0 amide bonds. The summed E-state index contributed by atoms with van der Waals surface area (Å²) < 4.78 is 47.8. The van der Waals surface area contributed by atoms with Crippen LogP contribution < -0.4 is 4.72 Å². The third-order valence-electron chi connectivity index (χ3n) is 2.20. The number of aromatic carboxylic acids is 1. The molecule has 0 aliphatic rings. The van der Waals surface area contributed by atoms with Gasteiger partial charge in [-0.15, -0.1) is 0 Å². The lowest BCUT2D eigenvalue weighted by molar-refractivity contribution is 0.0697. The third kappa shape index (κ3) is 5.47. The van der Waals surface area contributed by atoms with Crippen molar-refractivity contribution in [2.24, 2.45) is 0 Å². The molecule has 0 unspecified atom stereocenters. The van der Waals surface area contributed by atoms with Crippen molar-refractivity contribution in [1.82, 2.24) is 0 Å². The van der Waals surface area contributed by atoms with E-state index in [1.807, 2.05) is 0 Å². The second-order valence-corrected chi connectivity index (χ2v) is 9.01. The minimum absolute atomic E-state index is 0.00374. The summed E-state index contributed by atoms with van der Waals surface area (Å²) in [4.78, 5) is 10.7. The fourth-order valence-electron chi connectivity index (χ4n) is 1.21. The lowest BCUT2D eigenvalue weighted by Crippen LogP contribution is -2.22. The van der Waals surface area contributed by atoms with Crippen LogP contribution in [0, 0.1) is 0 Å². The zero-order valence-electron chi connectivity index (χ0n) is 10.3. The first-order valence-electron chi connectivity index (χ1n) is 5.21. The van der Waals surface area contributed by atoms with Crippen LogP contribution >= 0.6 is 15.9 Å². The standard InChI is InChI=1S/C10H12BrNO6S2/c1-19(15,16)4-5-20(17,18)12-9-3-2-7(10(13)14)6-8(9)11/h2-3,6,12H,4-5H2,1H3,(H,13,14). The highest BCUT2D eigenvalue weighted by Gasteiger charge is 2.16. The van der Waals surface area contributed by atoms with Crippen LogP contribution in [0.4, 0.5) is 5.69 Å². The Morgan fingerprint density at radius 2 is 1.85 bits per heavy atom. The van der Waals surface area contributed by atoms with Crippen molar-refractivity contribution in [3.05, 3.63) is 28.2 Å². The first-order valence-corrected chi connectivity index (χ1v) is 9.72. The van der Waals surface area contributed by atoms with E-state index in [0.29, 0.717) is 0 Å². The second kappa shape index (κ2) is 6.10. The molecule has 112 valence electrons. The number of nitrogens with one attached hydrogen (secondary N) is 1. The number of carboxylic acids is 1. The molecule has 7 nitrogen and oxygen atoms in total. The molecule has 1 aromatic rings. The van der Waals surface area contributed by atoms with Gasteiger partial charge in [0, 0.05) is 10.7 Å². The normalized spacial score (nSPS) is 12.1. The Balaban J connectivity index is 2.90. The maximum atomic E-state index is 11.7. The Hall–Kier alpha value is -1.13. The lowest BCUT2D eigenvalue weighted by Gasteiger charge is -2.09. The van der Waals surface area contributed by atoms with Crippen LogP contribution in [-0.4, -0.2) is 45.7 Å². The zero-order chi connectivity index (χ0) is 15.6. The molecule has 0 radical (unpaired) electrons. The summed E-state index contributed by atoms with van der Waals surface area (Å²) in [7, 11) is -7.22. The summed E-state index contributed by atoms with van der Waals surface area (Å²) in [6.07, 6.45) is 0.945. The number of hydrogen-bond donors (Lipinski definition) is 2. The molecule has 0 aliphatic heterocycles. The molecular formula is C10H12BrNO6S2. The summed E-state index contributed by atoms with van der Waals surface area (Å²) in [5.41, 5.74) is 0.138. The molecular weight excluding hydrogens is 374 g/mol. The van der Waals surface area contributed by atoms with Gasteiger partial charge in [-0.3, -0.25) is 4.72 Å². The van der Waals surface area contributed by atoms with Crippen LogP contribution in [-0.2, 0) is 19.9 Å². The van der Waals surface area contributed by atoms with Gasteiger partial charge in [0.05, 0.1) is 22.8 Å². The first-order chi connectivity index (χ1) is 9.00. The largest absolute Gasteiger partial charge is 0.478 e. The van der Waals surface area contributed by atoms with Gasteiger partial charge in [-0.05, 0) is 34.1 Å². The number of benzene rings is 1. The Labute approximate surface area is 125 Å². The van der Waals surface area contributed by atoms with Crippen molar-refractivity contribution in [2.45, 2.75) is 0 Å². The van der Waals surface area contributed by atoms with E-state index in [1.165, 1.54) is 18.2 Å². The van der Waals surface area contributed by atoms with Crippen molar-refractivity contribution in [2.75, 3.05) is 22.5 Å². The SMILES string of the molecule is CS(=O)(=O)CCS(=O)(=O)Nc1ccc(C(=O)O)cc1Br. The second-order valence-electron chi connectivity index (χ2n) is 4.05. The highest BCUT2D eigenvalue weighted by Crippen LogP contribution is 2.24. The summed E-state index contributed by atoms with van der Waals surface area (Å²) in [6.45, 7) is 0. The molecule has 0 fully saturated rings. The van der Waals surface area contributed by atoms with Crippen molar-refractivity contribution in [3.63, 3.8) is 0 Å². The maximum Gasteiger partial charge on any atom is 0.335 e. The molecule has 0 saturated carbocycles. The third-order valence-corrected chi connectivity index (χ3v) is 5.34. The minimum atomic E-state index is -3.83. The Kier molecular flexibility index (Phi) is 5.16. The number of carbonyl (C=O) groups is 1. The van der Waals surface area contributed by atoms with Crippen LogP contribution in [0.15, 0.2) is 22.7 Å². The van der Waals surface area contributed by atoms with Gasteiger partial charge in [0.1, 0.15) is 9.84 Å². The van der Waals surface area contributed by atoms with E-state index in [0.717, 1.165) is 6.26 Å². The minimum Gasteiger partial charge on any atom is -0.478 e. The van der Waals surface area contributed by atoms with E-state index >= 15 is 0 Å². The predicted molar refractivity (Wildman–Crippen MR) is 78.2 cm³/mol. The highest BCUT2D eigenvalue weighted by molar-refractivity contribution is 9.10. The monoisotopic (exact) mass is 385 g/mol. The molecule has 1 rings (SSSR count). The van der Waals surface area contributed by atoms with Crippen LogP contribution in [0.1, 0.15) is 10.4 Å². The molecule has 0 aliphatic carbocycles. The van der Waals surface area contributed by atoms with Gasteiger partial charge < -0.3 is 5.11 Å². The Morgan fingerprint density at radius 3 is 2.30 bits per heavy atom. The van der Waals surface area contributed by atoms with Crippen molar-refractivity contribution >= 4 is 47.4 Å². The average Bonchev–Trinajstić information content (AvgIpc) is 2.28. The summed E-state index contributed by atoms with van der Waals surface area (Å²) >= 11 is 3.05. The van der Waals surface area contributed by atoms with Gasteiger partial charge in [0.15, 0.2) is 0 Å². The van der Waals surface area contributed by atoms with Gasteiger partial charge in [-0.1, -0.05) is 0 Å². The Morgan fingerprint density at radius 1 is 1.25 bits per heavy atom. The van der Waals surface area contributed by atoms with E-state index in [-0.39, 0.29) is 15.7 Å². The smallest absolute Gasteiger partial charge is 0.335 e. The summed E-state index contributed by atoms with van der Waals surface area (Å²) in [6, 6.07) is 3.77. The Bertz CT molecular complexity index is 726. The first kappa shape index (κ1) is 16.9. The zero-order valence-corrected chi connectivity index (χ0v) is 13.5. The van der Waals surface area contributed by atoms with Crippen LogP contribution in [0.5, 0.6) is 0 Å². The number of hydrogen-bond acceptors (Lipinski definition) is 5. The van der Waals surface area contributed by atoms with Crippen molar-refractivity contribution in [3.8, 4) is 0 Å². The van der Waals surface area contributed by atoms with E-state index in [2.05, 4.69) is 20.7 Å². The number of rotatable bonds is 6. The number of sulfonamides is 1. The number of sulfone groups is 1. The van der Waals surface area contributed by atoms with E-state index in [4.69, 9.17) is 5.11 Å². The molecule has 2 N–H and O–H groups in total. The van der Waals surface area contributed by atoms with Gasteiger partial charge >= 0.3 is 5.97 Å². The molecule has 0 atom stereocenters. The molecule has 0 heterocycles. The molecule has 0 bridgehead atoms. The number of carboxylic acid groups (broad SMARTS) is 1. The fraction of sp³-hybridized carbons (Fsp3) is 0.300. The predicted octanol–water partition coefficient (Wildman–Crippen LogP) is 0.934. The molecule has 10 heteroatoms. The quantitative estimate of drug-likeness (QED) is 0.751. The summed E-state index contributed by atoms with van der Waals surface area (Å²) in [5.74, 6) is -2.20. The van der Waals surface area contributed by atoms with Crippen molar-refractivity contribution in [1.29, 1.82) is 0 Å². The van der Waals surface area contributed by atoms with E-state index < -0.39 is 37.3 Å². The lowest BCUT2D eigenvalue weighted by atomic mass is 10.2. The molecule has 0 spiro atoms. The topological polar surface area (TPSA) is 118 Å². The van der Waals surface area contributed by atoms with Gasteiger partial charge in [-0.25, -0.2) is 21.6 Å². The molecule has 0 aromatic heterocycles. The maximum absolute atomic E-state index is 11.7. The fourth-order valence-corrected chi connectivity index (χ4v) is 4.52. The van der Waals surface area contributed by atoms with E-state index in [1.54, 1.807) is 0 Å². The molecule has 0 saturated heterocycles. The van der Waals surface area contributed by atoms with Crippen LogP contribution in [0.25, 0.3) is 0 Å². The molecule has 20 heavy (non-hydrogen) atoms. The highest BCUT2D eigenvalue weighted by atomic mass is 79.9. The van der Waals surface area contributed by atoms with Gasteiger partial charge in [0.25, 0.3) is 0 Å².